The number of halogens is 4. The van der Waals surface area contributed by atoms with Crippen molar-refractivity contribution in [3.8, 4) is 0 Å². The van der Waals surface area contributed by atoms with Crippen molar-refractivity contribution in [2.75, 3.05) is 48.3 Å². The molecule has 0 saturated carbocycles. The minimum absolute atomic E-state index is 1.08. The first-order chi connectivity index (χ1) is 6.42. The Labute approximate surface area is 89.5 Å². The molecule has 2 nitrogen and oxygen atoms in total. The maximum absolute atomic E-state index is 9.75. The standard InChI is InChI=1S/C8H21N2.BF4/c1-9(2)7-6-8-10(3,4)5;2-1(3,4)5/h6-8H2,1-5H3;/q+1;-1. The van der Waals surface area contributed by atoms with Crippen LogP contribution in [0, 0.1) is 0 Å². The molecule has 0 bridgehead atoms. The molecule has 0 fully saturated rings. The molecular weight excluding hydrogens is 211 g/mol. The summed E-state index contributed by atoms with van der Waals surface area (Å²) in [5, 5.41) is 0. The zero-order chi connectivity index (χ0) is 12.7. The van der Waals surface area contributed by atoms with Gasteiger partial charge in [0.25, 0.3) is 0 Å². The van der Waals surface area contributed by atoms with E-state index in [-0.39, 0.29) is 0 Å². The Hall–Kier alpha value is -0.295. The number of rotatable bonds is 4. The lowest BCUT2D eigenvalue weighted by Gasteiger charge is -2.24. The summed E-state index contributed by atoms with van der Waals surface area (Å²) in [6.07, 6.45) is 1.29. The fourth-order valence-corrected chi connectivity index (χ4v) is 0.861. The van der Waals surface area contributed by atoms with Gasteiger partial charge >= 0.3 is 7.25 Å². The van der Waals surface area contributed by atoms with Crippen LogP contribution in [0.3, 0.4) is 0 Å². The minimum Gasteiger partial charge on any atom is -0.418 e. The zero-order valence-corrected chi connectivity index (χ0v) is 10.1. The molecule has 0 unspecified atom stereocenters. The van der Waals surface area contributed by atoms with Crippen LogP contribution in [0.4, 0.5) is 17.3 Å². The number of hydrogen-bond donors (Lipinski definition) is 0. The van der Waals surface area contributed by atoms with E-state index in [1.54, 1.807) is 0 Å². The Kier molecular flexibility index (Phi) is 8.05. The zero-order valence-electron chi connectivity index (χ0n) is 10.1. The summed E-state index contributed by atoms with van der Waals surface area (Å²) >= 11 is 0. The highest BCUT2D eigenvalue weighted by Gasteiger charge is 2.20. The van der Waals surface area contributed by atoms with Gasteiger partial charge in [0.15, 0.2) is 0 Å². The van der Waals surface area contributed by atoms with Crippen LogP contribution in [0.2, 0.25) is 0 Å². The smallest absolute Gasteiger partial charge is 0.418 e. The van der Waals surface area contributed by atoms with Crippen molar-refractivity contribution in [1.82, 2.24) is 4.90 Å². The Balaban J connectivity index is 0. The van der Waals surface area contributed by atoms with Crippen molar-refractivity contribution in [2.45, 2.75) is 6.42 Å². The second-order valence-electron chi connectivity index (χ2n) is 4.67. The van der Waals surface area contributed by atoms with Crippen molar-refractivity contribution in [2.24, 2.45) is 0 Å². The molecule has 0 N–H and O–H groups in total. The molecule has 0 aliphatic rings. The third-order valence-corrected chi connectivity index (χ3v) is 1.43. The van der Waals surface area contributed by atoms with Gasteiger partial charge in [-0.1, -0.05) is 0 Å². The van der Waals surface area contributed by atoms with E-state index < -0.39 is 7.25 Å². The van der Waals surface area contributed by atoms with Crippen molar-refractivity contribution < 1.29 is 21.7 Å². The monoisotopic (exact) mass is 232 g/mol. The third kappa shape index (κ3) is 41.8. The topological polar surface area (TPSA) is 3.24 Å². The molecule has 0 aromatic heterocycles. The van der Waals surface area contributed by atoms with Crippen LogP contribution in [-0.4, -0.2) is 65.0 Å². The third-order valence-electron chi connectivity index (χ3n) is 1.43. The van der Waals surface area contributed by atoms with Crippen LogP contribution in [-0.2, 0) is 0 Å². The van der Waals surface area contributed by atoms with Crippen molar-refractivity contribution >= 4 is 7.25 Å². The Morgan fingerprint density at radius 3 is 1.53 bits per heavy atom. The summed E-state index contributed by atoms with van der Waals surface area (Å²) in [4.78, 5) is 2.23. The quantitative estimate of drug-likeness (QED) is 0.406. The summed E-state index contributed by atoms with van der Waals surface area (Å²) in [5.74, 6) is 0. The van der Waals surface area contributed by atoms with Crippen molar-refractivity contribution in [3.05, 3.63) is 0 Å². The van der Waals surface area contributed by atoms with E-state index in [9.17, 15) is 17.3 Å². The lowest BCUT2D eigenvalue weighted by Crippen LogP contribution is -2.36. The van der Waals surface area contributed by atoms with E-state index in [0.717, 1.165) is 4.48 Å². The van der Waals surface area contributed by atoms with Gasteiger partial charge in [0.2, 0.25) is 0 Å². The van der Waals surface area contributed by atoms with E-state index in [0.29, 0.717) is 0 Å². The highest BCUT2D eigenvalue weighted by Crippen LogP contribution is 2.06. The fourth-order valence-electron chi connectivity index (χ4n) is 0.861. The van der Waals surface area contributed by atoms with Gasteiger partial charge in [0, 0.05) is 13.0 Å². The van der Waals surface area contributed by atoms with Gasteiger partial charge in [-0.05, 0) is 14.1 Å². The predicted molar refractivity (Wildman–Crippen MR) is 56.3 cm³/mol. The molecule has 0 aliphatic carbocycles. The van der Waals surface area contributed by atoms with Gasteiger partial charge in [-0.3, -0.25) is 0 Å². The second kappa shape index (κ2) is 7.06. The fraction of sp³-hybridized carbons (Fsp3) is 1.00. The first-order valence-electron chi connectivity index (χ1n) is 4.74. The van der Waals surface area contributed by atoms with Gasteiger partial charge in [-0.15, -0.1) is 0 Å². The predicted octanol–water partition coefficient (Wildman–Crippen LogP) is 1.94. The van der Waals surface area contributed by atoms with Gasteiger partial charge < -0.3 is 26.6 Å². The number of quaternary nitrogens is 1. The summed E-state index contributed by atoms with van der Waals surface area (Å²) < 4.78 is 40.1. The largest absolute Gasteiger partial charge is 0.673 e. The molecule has 7 heteroatoms. The summed E-state index contributed by atoms with van der Waals surface area (Å²) in [6, 6.07) is 0. The van der Waals surface area contributed by atoms with E-state index >= 15 is 0 Å². The van der Waals surface area contributed by atoms with Crippen LogP contribution in [0.15, 0.2) is 0 Å². The molecule has 0 amide bonds. The summed E-state index contributed by atoms with van der Waals surface area (Å²) in [5.41, 5.74) is 0. The Morgan fingerprint density at radius 1 is 1.00 bits per heavy atom. The maximum atomic E-state index is 9.75. The average Bonchev–Trinajstić information content (AvgIpc) is 1.77. The first-order valence-corrected chi connectivity index (χ1v) is 4.74. The molecule has 0 aliphatic heterocycles. The van der Waals surface area contributed by atoms with Crippen LogP contribution in [0.25, 0.3) is 0 Å². The van der Waals surface area contributed by atoms with Crippen LogP contribution in [0.5, 0.6) is 0 Å². The van der Waals surface area contributed by atoms with Gasteiger partial charge in [-0.25, -0.2) is 0 Å². The molecule has 0 aromatic rings. The molecule has 0 atom stereocenters. The minimum atomic E-state index is -6.00. The lowest BCUT2D eigenvalue weighted by atomic mass is 10.3. The van der Waals surface area contributed by atoms with E-state index in [2.05, 4.69) is 40.1 Å². The highest BCUT2D eigenvalue weighted by atomic mass is 19.5. The van der Waals surface area contributed by atoms with Crippen LogP contribution in [0.1, 0.15) is 6.42 Å². The van der Waals surface area contributed by atoms with Gasteiger partial charge in [0.05, 0.1) is 27.7 Å². The van der Waals surface area contributed by atoms with Gasteiger partial charge in [-0.2, -0.15) is 0 Å². The second-order valence-corrected chi connectivity index (χ2v) is 4.67. The molecule has 15 heavy (non-hydrogen) atoms. The molecule has 0 radical (unpaired) electrons. The molecule has 0 aromatic carbocycles. The van der Waals surface area contributed by atoms with Crippen LogP contribution < -0.4 is 0 Å². The first kappa shape index (κ1) is 17.1. The van der Waals surface area contributed by atoms with Crippen LogP contribution >= 0.6 is 0 Å². The lowest BCUT2D eigenvalue weighted by molar-refractivity contribution is -0.870. The molecule has 0 heterocycles. The molecule has 0 saturated heterocycles. The number of hydrogen-bond acceptors (Lipinski definition) is 1. The number of nitrogens with zero attached hydrogens (tertiary/aromatic N) is 2. The van der Waals surface area contributed by atoms with E-state index in [4.69, 9.17) is 0 Å². The van der Waals surface area contributed by atoms with Crippen molar-refractivity contribution in [1.29, 1.82) is 0 Å². The maximum Gasteiger partial charge on any atom is 0.673 e. The summed E-state index contributed by atoms with van der Waals surface area (Å²) in [6.45, 7) is 2.47. The average molecular weight is 232 g/mol. The molecular formula is C8H21BF4N2. The normalized spacial score (nSPS) is 12.4. The van der Waals surface area contributed by atoms with E-state index in [1.165, 1.54) is 19.5 Å². The van der Waals surface area contributed by atoms with Crippen molar-refractivity contribution in [3.63, 3.8) is 0 Å². The highest BCUT2D eigenvalue weighted by molar-refractivity contribution is 6.50. The SMILES string of the molecule is CN(C)CCC[N+](C)(C)C.F[B-](F)(F)F. The summed E-state index contributed by atoms with van der Waals surface area (Å²) in [7, 11) is 4.94. The Bertz CT molecular complexity index is 148. The van der Waals surface area contributed by atoms with E-state index in [1.807, 2.05) is 0 Å². The molecule has 0 rings (SSSR count). The Morgan fingerprint density at radius 2 is 1.33 bits per heavy atom. The molecule has 0 spiro atoms. The van der Waals surface area contributed by atoms with Gasteiger partial charge in [0.1, 0.15) is 0 Å². The molecule has 94 valence electrons.